The Labute approximate surface area is 678 Å². The number of aromatic nitrogens is 4. The number of furan rings is 4. The number of fused-ring (bicyclic) bond motifs is 12. The van der Waals surface area contributed by atoms with E-state index in [0.29, 0.717) is 123 Å². The van der Waals surface area contributed by atoms with Crippen LogP contribution in [0.4, 0.5) is 8.78 Å². The van der Waals surface area contributed by atoms with Gasteiger partial charge in [-0.15, -0.1) is 0 Å². The maximum Gasteiger partial charge on any atom is 0.216 e. The standard InChI is InChI=1S/C27H28FN2O.C26H26FN2O.2C22H19N2O/c1-15-10-21(28)25-20-9-8-18(14-29)11-23(20)31-26(25)24(15)22-12-19(13-27(4,5)6)16(2)17(3)30(22)7;1-14(2)9-19-12-22(29(6)17(5)16(19)4)24-15(3)10-21(27)25-20-8-7-18(13-28)11-23(20)30-26(24)25;1-13-7-15(3)24(4)20(8-13)18-11-22-19(9-14(18)2)17-6-5-16(12-23)10-21(17)25-22;1-13-8-15(3)24(4)20(9-13)18-11-21-19(10-14(18)2)17-7-5-6-16(12-23)22(17)25-21/h8-12H,13H2,1-7H3;7-8,10-12,14H,9H2,1-6H3;2*5-11H,1-4H3/q4*+1/i2D3,12D,13D2;4D3,9D2,12D;1D3,7D,8D;1D3,8D,9D. The van der Waals surface area contributed by atoms with Gasteiger partial charge in [-0.25, -0.2) is 8.78 Å². The van der Waals surface area contributed by atoms with Crippen molar-refractivity contribution in [2.45, 2.75) is 130 Å². The molecule has 0 spiro atoms. The predicted molar refractivity (Wildman–Crippen MR) is 439 cm³/mol. The summed E-state index contributed by atoms with van der Waals surface area (Å²) in [6.45, 7) is 11.4. The molecule has 0 unspecified atom stereocenters. The van der Waals surface area contributed by atoms with E-state index in [4.69, 9.17) is 51.7 Å². The van der Waals surface area contributed by atoms with Crippen LogP contribution in [0.3, 0.4) is 0 Å². The third-order valence-electron chi connectivity index (χ3n) is 20.0. The molecule has 16 rings (SSSR count). The molecule has 8 heterocycles. The van der Waals surface area contributed by atoms with Gasteiger partial charge in [0.15, 0.2) is 39.5 Å². The number of rotatable bonds is 7. The number of benzene rings is 8. The molecule has 16 aromatic rings. The quantitative estimate of drug-likeness (QED) is 0.142. The van der Waals surface area contributed by atoms with E-state index in [-0.39, 0.29) is 114 Å². The third-order valence-corrected chi connectivity index (χ3v) is 20.0. The van der Waals surface area contributed by atoms with E-state index in [1.807, 2.05) is 50.3 Å². The summed E-state index contributed by atoms with van der Waals surface area (Å²) < 4.78 is 245. The molecule has 0 saturated carbocycles. The summed E-state index contributed by atoms with van der Waals surface area (Å²) >= 11 is 0. The van der Waals surface area contributed by atoms with Crippen LogP contribution in [-0.2, 0) is 40.9 Å². The summed E-state index contributed by atoms with van der Waals surface area (Å²) in [6, 6.07) is 37.2. The third kappa shape index (κ3) is 14.2. The average Bonchev–Trinajstić information content (AvgIpc) is 1.70. The van der Waals surface area contributed by atoms with Crippen LogP contribution in [0.5, 0.6) is 0 Å². The fourth-order valence-electron chi connectivity index (χ4n) is 14.0. The van der Waals surface area contributed by atoms with Gasteiger partial charge in [0.05, 0.1) is 81.7 Å². The van der Waals surface area contributed by atoms with E-state index >= 15 is 8.78 Å². The highest BCUT2D eigenvalue weighted by Gasteiger charge is 2.31. The lowest BCUT2D eigenvalue weighted by Gasteiger charge is -2.20. The molecule has 0 aliphatic heterocycles. The van der Waals surface area contributed by atoms with Crippen molar-refractivity contribution in [1.82, 2.24) is 0 Å². The summed E-state index contributed by atoms with van der Waals surface area (Å²) in [7, 11) is 6.67. The van der Waals surface area contributed by atoms with Gasteiger partial charge < -0.3 is 17.7 Å². The lowest BCUT2D eigenvalue weighted by Crippen LogP contribution is -2.36. The van der Waals surface area contributed by atoms with Crippen LogP contribution >= 0.6 is 0 Å². The van der Waals surface area contributed by atoms with Crippen LogP contribution in [0, 0.1) is 151 Å². The average molecular weight is 1490 g/mol. The van der Waals surface area contributed by atoms with Crippen molar-refractivity contribution < 1.29 is 74.9 Å². The Balaban J connectivity index is 0.000000151. The van der Waals surface area contributed by atoms with Gasteiger partial charge in [0.25, 0.3) is 0 Å². The molecule has 8 aromatic carbocycles. The Morgan fingerprint density at radius 3 is 1.31 bits per heavy atom. The van der Waals surface area contributed by atoms with Crippen LogP contribution < -0.4 is 18.3 Å². The summed E-state index contributed by atoms with van der Waals surface area (Å²) in [5.41, 5.74) is 9.79. The SMILES string of the molecule is [2H]c1c(C([2H])([2H])C(C)(C)C)c(C([2H])([2H])[2H])c(C)[n+](C)c1-c1c(C)cc(F)c2c1oc1cc(C#N)ccc12.[2H]c1c(C([2H])([2H])C(C)C)c(C([2H])([2H])[2H])c(C)[n+](C)c1-c1c(C)cc(F)c2c1oc1cc(C#N)ccc12.[2H]c1c(C([2H])([2H])[2H])c([2H])c(-c2cc3oc4c(C#N)cccc4c3cc2C)[n+](C)c1C.[2H]c1c(C([2H])([2H])[2H])c([2H])c(-c2cc3oc4cc(C#N)ccc4c3cc2C)[n+](C)c1C. The van der Waals surface area contributed by atoms with E-state index in [9.17, 15) is 17.2 Å². The minimum Gasteiger partial charge on any atom is -0.456 e. The van der Waals surface area contributed by atoms with E-state index < -0.39 is 63.1 Å². The largest absolute Gasteiger partial charge is 0.456 e. The summed E-state index contributed by atoms with van der Waals surface area (Å²) in [4.78, 5) is 0. The van der Waals surface area contributed by atoms with Crippen LogP contribution in [0.25, 0.3) is 133 Å². The van der Waals surface area contributed by atoms with Crippen molar-refractivity contribution in [3.63, 3.8) is 0 Å². The second-order valence-corrected chi connectivity index (χ2v) is 29.2. The zero-order valence-electron chi connectivity index (χ0n) is 86.4. The molecule has 8 aromatic heterocycles. The number of hydrogen-bond donors (Lipinski definition) is 0. The molecule has 0 aliphatic carbocycles. The van der Waals surface area contributed by atoms with Crippen molar-refractivity contribution in [3.05, 3.63) is 258 Å². The molecule has 554 valence electrons. The molecular formula is C97H92F2N8O4+4. The number of para-hydroxylation sites is 1. The van der Waals surface area contributed by atoms with Gasteiger partial charge in [-0.1, -0.05) is 46.8 Å². The van der Waals surface area contributed by atoms with E-state index in [0.717, 1.165) is 32.7 Å². The van der Waals surface area contributed by atoms with Crippen molar-refractivity contribution in [3.8, 4) is 69.3 Å². The first-order valence-corrected chi connectivity index (χ1v) is 35.6. The van der Waals surface area contributed by atoms with Crippen LogP contribution in [0.2, 0.25) is 0 Å². The highest BCUT2D eigenvalue weighted by atomic mass is 19.1. The molecule has 12 nitrogen and oxygen atoms in total. The van der Waals surface area contributed by atoms with Crippen molar-refractivity contribution in [2.24, 2.45) is 39.5 Å². The number of halogens is 2. The molecule has 0 N–H and O–H groups in total. The fraction of sp³-hybridized carbons (Fsp3) is 0.258. The number of pyridine rings is 4. The lowest BCUT2D eigenvalue weighted by molar-refractivity contribution is -0.667. The Bertz CT molecular complexity index is 7850. The van der Waals surface area contributed by atoms with E-state index in [1.54, 1.807) is 179 Å². The monoisotopic (exact) mass is 1490 g/mol. The molecule has 0 amide bonds. The topological polar surface area (TPSA) is 163 Å². The minimum atomic E-state index is -2.68. The van der Waals surface area contributed by atoms with Crippen molar-refractivity contribution >= 4 is 87.8 Å². The fourth-order valence-corrected chi connectivity index (χ4v) is 14.0. The molecular weight excluding hydrogens is 1380 g/mol. The van der Waals surface area contributed by atoms with Gasteiger partial charge in [-0.3, -0.25) is 0 Å². The molecule has 0 atom stereocenters. The van der Waals surface area contributed by atoms with Gasteiger partial charge in [-0.05, 0) is 221 Å². The Morgan fingerprint density at radius 1 is 0.441 bits per heavy atom. The molecule has 0 radical (unpaired) electrons. The van der Waals surface area contributed by atoms with Gasteiger partial charge >= 0.3 is 0 Å². The molecule has 14 heteroatoms. The number of nitrogens with zero attached hydrogens (tertiary/aromatic N) is 8. The second kappa shape index (κ2) is 29.7. The first-order chi connectivity index (χ1) is 61.6. The first kappa shape index (κ1) is 53.2. The van der Waals surface area contributed by atoms with Gasteiger partial charge in [-0.2, -0.15) is 39.3 Å². The zero-order chi connectivity index (χ0) is 98.6. The van der Waals surface area contributed by atoms with Crippen molar-refractivity contribution in [1.29, 1.82) is 21.0 Å². The maximum atomic E-state index is 15.3. The Morgan fingerprint density at radius 2 is 0.865 bits per heavy atom. The molecule has 0 aliphatic rings. The highest BCUT2D eigenvalue weighted by molar-refractivity contribution is 6.12. The van der Waals surface area contributed by atoms with Crippen molar-refractivity contribution in [2.75, 3.05) is 0 Å². The Kier molecular flexibility index (Phi) is 14.3. The first-order valence-electron chi connectivity index (χ1n) is 46.6. The van der Waals surface area contributed by atoms with Gasteiger partial charge in [0.1, 0.15) is 73.8 Å². The lowest BCUT2D eigenvalue weighted by atomic mass is 9.85. The highest BCUT2D eigenvalue weighted by Crippen LogP contribution is 2.44. The van der Waals surface area contributed by atoms with Gasteiger partial charge in [0, 0.05) is 129 Å². The van der Waals surface area contributed by atoms with Crippen LogP contribution in [0.1, 0.15) is 165 Å². The smallest absolute Gasteiger partial charge is 0.216 e. The van der Waals surface area contributed by atoms with E-state index in [2.05, 4.69) is 12.1 Å². The molecule has 0 saturated heterocycles. The zero-order valence-corrected chi connectivity index (χ0v) is 64.4. The molecule has 0 bridgehead atoms. The van der Waals surface area contributed by atoms with Gasteiger partial charge in [0.2, 0.25) is 22.8 Å². The van der Waals surface area contributed by atoms with Crippen LogP contribution in [0.15, 0.2) is 163 Å². The summed E-state index contributed by atoms with van der Waals surface area (Å²) in [5, 5.41) is 41.8. The molecule has 0 fully saturated rings. The minimum absolute atomic E-state index is 0.141. The summed E-state index contributed by atoms with van der Waals surface area (Å²) in [6.07, 6.45) is -4.32. The van der Waals surface area contributed by atoms with Crippen LogP contribution in [-0.4, -0.2) is 0 Å². The number of aryl methyl sites for hydroxylation is 4. The maximum absolute atomic E-state index is 15.3. The number of nitriles is 4. The Hall–Kier alpha value is -12.6. The van der Waals surface area contributed by atoms with E-state index in [1.165, 1.54) is 28.8 Å². The predicted octanol–water partition coefficient (Wildman–Crippen LogP) is 22.6. The molecule has 111 heavy (non-hydrogen) atoms. The normalized spacial score (nSPS) is 15.1. The number of hydrogen-bond acceptors (Lipinski definition) is 8. The second-order valence-electron chi connectivity index (χ2n) is 29.2. The summed E-state index contributed by atoms with van der Waals surface area (Å²) in [5.74, 6) is -1.68.